The number of aliphatic hydroxyl groups is 1. The third-order valence-corrected chi connectivity index (χ3v) is 10.3. The molecule has 0 saturated carbocycles. The van der Waals surface area contributed by atoms with Crippen LogP contribution in [0, 0.1) is 24.7 Å². The van der Waals surface area contributed by atoms with Gasteiger partial charge in [-0.2, -0.15) is 0 Å². The zero-order valence-electron chi connectivity index (χ0n) is 30.9. The van der Waals surface area contributed by atoms with Crippen LogP contribution in [-0.2, 0) is 9.47 Å². The van der Waals surface area contributed by atoms with Crippen molar-refractivity contribution in [2.75, 3.05) is 13.2 Å². The van der Waals surface area contributed by atoms with Gasteiger partial charge in [0, 0.05) is 0 Å². The summed E-state index contributed by atoms with van der Waals surface area (Å²) >= 11 is 0. The Balaban J connectivity index is 0.000000597. The van der Waals surface area contributed by atoms with Gasteiger partial charge in [0.1, 0.15) is 0 Å². The number of halogens is 1. The molecule has 254 valence electrons. The largest absolute Gasteiger partial charge is 2.00 e. The molecule has 0 bridgehead atoms. The first-order valence-electron chi connectivity index (χ1n) is 17.1. The van der Waals surface area contributed by atoms with Crippen molar-refractivity contribution >= 4 is 23.1 Å². The summed E-state index contributed by atoms with van der Waals surface area (Å²) in [7, 11) is 0. The summed E-state index contributed by atoms with van der Waals surface area (Å²) in [4.78, 5) is 0. The summed E-state index contributed by atoms with van der Waals surface area (Å²) in [5, 5.41) is 10.5. The van der Waals surface area contributed by atoms with Gasteiger partial charge in [0.15, 0.2) is 0 Å². The molecule has 0 aromatic carbocycles. The molecule has 5 rings (SSSR count). The second-order valence-electron chi connectivity index (χ2n) is 15.2. The van der Waals surface area contributed by atoms with E-state index >= 15 is 0 Å². The Morgan fingerprint density at radius 1 is 0.822 bits per heavy atom. The van der Waals surface area contributed by atoms with Gasteiger partial charge in [-0.15, -0.1) is 13.8 Å². The fraction of sp³-hybridized carbons (Fsp3) is 0.725. The molecule has 5 heteroatoms. The van der Waals surface area contributed by atoms with Crippen molar-refractivity contribution in [3.8, 4) is 0 Å². The Hall–Kier alpha value is -0.494. The fourth-order valence-corrected chi connectivity index (χ4v) is 6.13. The maximum atomic E-state index is 10.5. The van der Waals surface area contributed by atoms with Crippen molar-refractivity contribution in [1.29, 1.82) is 0 Å². The van der Waals surface area contributed by atoms with E-state index in [9.17, 15) is 5.11 Å². The van der Waals surface area contributed by atoms with Crippen molar-refractivity contribution in [2.24, 2.45) is 17.8 Å². The Labute approximate surface area is 301 Å². The first kappa shape index (κ1) is 44.5. The molecule has 0 spiro atoms. The first-order chi connectivity index (χ1) is 20.1. The quantitative estimate of drug-likeness (QED) is 0.138. The Morgan fingerprint density at radius 2 is 1.20 bits per heavy atom. The van der Waals surface area contributed by atoms with E-state index in [1.807, 2.05) is 26.8 Å². The van der Waals surface area contributed by atoms with Crippen molar-refractivity contribution in [3.63, 3.8) is 0 Å². The normalized spacial score (nSPS) is 30.7. The molecule has 45 heavy (non-hydrogen) atoms. The summed E-state index contributed by atoms with van der Waals surface area (Å²) in [6.45, 7) is 26.9. The summed E-state index contributed by atoms with van der Waals surface area (Å²) in [5.41, 5.74) is 7.24. The summed E-state index contributed by atoms with van der Waals surface area (Å²) in [6, 6.07) is 0. The van der Waals surface area contributed by atoms with E-state index < -0.39 is 5.60 Å². The molecular weight excluding hydrogens is 588 g/mol. The molecule has 2 fully saturated rings. The third kappa shape index (κ3) is 16.9. The number of epoxide rings is 2. The predicted octanol–water partition coefficient (Wildman–Crippen LogP) is 7.68. The standard InChI is InChI=1S/C15H26O.2C10H16O.C5H9.ClH.Mg/c1-12(2)6-5-11-15(4,16)14-9-7-13(3)8-10-14;2*1-8-3-5-9(6-4-8)10(2)7-11-10;1-4-5(2)3;;/h6-7,14,16H,5,8-11H2,1-4H3;2*3,9H,4-7H2,1-2H3;4H,1H2,2-3H3;1H;/q;;;-1;;+2/p-1/t14-,15+;9-,10?;9-,10-;;;/m111.../s1. The van der Waals surface area contributed by atoms with Crippen molar-refractivity contribution < 1.29 is 27.0 Å². The van der Waals surface area contributed by atoms with Gasteiger partial charge < -0.3 is 27.0 Å². The second-order valence-corrected chi connectivity index (χ2v) is 15.2. The van der Waals surface area contributed by atoms with Gasteiger partial charge in [-0.25, -0.2) is 18.6 Å². The maximum Gasteiger partial charge on any atom is 2.00 e. The Bertz CT molecular complexity index is 974. The molecule has 5 aliphatic rings. The van der Waals surface area contributed by atoms with Gasteiger partial charge in [0.2, 0.25) is 0 Å². The Kier molecular flexibility index (Phi) is 20.6. The number of allylic oxidation sites excluding steroid dienone is 10. The smallest absolute Gasteiger partial charge is 1.00 e. The van der Waals surface area contributed by atoms with Crippen molar-refractivity contribution in [3.05, 3.63) is 65.2 Å². The van der Waals surface area contributed by atoms with Crippen LogP contribution in [-0.4, -0.2) is 58.2 Å². The van der Waals surface area contributed by atoms with Gasteiger partial charge in [0.05, 0.1) is 30.0 Å². The van der Waals surface area contributed by atoms with Crippen LogP contribution in [0.5, 0.6) is 0 Å². The number of rotatable bonds is 6. The van der Waals surface area contributed by atoms with Gasteiger partial charge >= 0.3 is 23.1 Å². The molecule has 2 heterocycles. The summed E-state index contributed by atoms with van der Waals surface area (Å²) in [6.07, 6.45) is 24.0. The number of hydrogen-bond acceptors (Lipinski definition) is 3. The third-order valence-electron chi connectivity index (χ3n) is 10.3. The molecule has 1 unspecified atom stereocenters. The van der Waals surface area contributed by atoms with Gasteiger partial charge in [-0.1, -0.05) is 46.6 Å². The maximum absolute atomic E-state index is 10.5. The molecule has 0 amide bonds. The topological polar surface area (TPSA) is 45.3 Å². The average Bonchev–Trinajstić information content (AvgIpc) is 3.89. The van der Waals surface area contributed by atoms with Crippen LogP contribution in [0.15, 0.2) is 58.2 Å². The molecule has 6 atom stereocenters. The van der Waals surface area contributed by atoms with Crippen LogP contribution in [0.25, 0.3) is 0 Å². The van der Waals surface area contributed by atoms with E-state index in [1.54, 1.807) is 11.1 Å². The van der Waals surface area contributed by atoms with Crippen LogP contribution in [0.3, 0.4) is 0 Å². The summed E-state index contributed by atoms with van der Waals surface area (Å²) in [5.74, 6) is 2.04. The van der Waals surface area contributed by atoms with Gasteiger partial charge in [-0.05, 0) is 144 Å². The van der Waals surface area contributed by atoms with E-state index in [4.69, 9.17) is 9.47 Å². The molecule has 2 saturated heterocycles. The zero-order chi connectivity index (χ0) is 32.3. The molecule has 1 N–H and O–H groups in total. The molecule has 0 aromatic rings. The van der Waals surface area contributed by atoms with Gasteiger partial charge in [-0.3, -0.25) is 0 Å². The molecule has 3 nitrogen and oxygen atoms in total. The predicted molar refractivity (Wildman–Crippen MR) is 192 cm³/mol. The van der Waals surface area contributed by atoms with E-state index in [2.05, 4.69) is 79.7 Å². The SMILES string of the molecule is CC(C)=CCC[C@](C)(O)[C@@H]1CC=C(C)CC1.CC1=CC[C@@H](C2(C)CO2)CC1.CC1=CC[C@@H]([C@@]2(C)CO2)CC1.[CH2-]C=C(C)C.[Cl-].[Mg+2]. The molecular formula is C40H67ClMgO3. The number of ether oxygens (including phenoxy) is 2. The number of hydrogen-bond donors (Lipinski definition) is 1. The van der Waals surface area contributed by atoms with Crippen LogP contribution in [0.1, 0.15) is 140 Å². The molecule has 0 aromatic heterocycles. The van der Waals surface area contributed by atoms with E-state index in [1.165, 1.54) is 55.2 Å². The zero-order valence-corrected chi connectivity index (χ0v) is 33.0. The van der Waals surface area contributed by atoms with Crippen molar-refractivity contribution in [1.82, 2.24) is 0 Å². The fourth-order valence-electron chi connectivity index (χ4n) is 6.13. The minimum atomic E-state index is -0.497. The average molecular weight is 656 g/mol. The van der Waals surface area contributed by atoms with E-state index in [0.717, 1.165) is 57.2 Å². The summed E-state index contributed by atoms with van der Waals surface area (Å²) < 4.78 is 10.9. The van der Waals surface area contributed by atoms with Crippen LogP contribution in [0.4, 0.5) is 0 Å². The second kappa shape index (κ2) is 20.8. The molecule has 3 aliphatic carbocycles. The Morgan fingerprint density at radius 3 is 1.47 bits per heavy atom. The minimum Gasteiger partial charge on any atom is -1.00 e. The van der Waals surface area contributed by atoms with Crippen molar-refractivity contribution in [2.45, 2.75) is 157 Å². The monoisotopic (exact) mass is 654 g/mol. The van der Waals surface area contributed by atoms with E-state index in [0.29, 0.717) is 5.92 Å². The van der Waals surface area contributed by atoms with Crippen LogP contribution < -0.4 is 12.4 Å². The minimum absolute atomic E-state index is 0. The van der Waals surface area contributed by atoms with Crippen LogP contribution in [0.2, 0.25) is 0 Å². The molecule has 0 radical (unpaired) electrons. The van der Waals surface area contributed by atoms with E-state index in [-0.39, 0.29) is 46.7 Å². The molecule has 2 aliphatic heterocycles. The van der Waals surface area contributed by atoms with Crippen LogP contribution >= 0.6 is 0 Å². The first-order valence-corrected chi connectivity index (χ1v) is 17.1. The van der Waals surface area contributed by atoms with Gasteiger partial charge in [0.25, 0.3) is 0 Å².